The maximum absolute atomic E-state index is 5.89. The second kappa shape index (κ2) is 12.5. The van der Waals surface area contributed by atoms with E-state index in [-0.39, 0.29) is 30.1 Å². The van der Waals surface area contributed by atoms with Gasteiger partial charge in [0, 0.05) is 52.2 Å². The third-order valence-electron chi connectivity index (χ3n) is 4.07. The van der Waals surface area contributed by atoms with Crippen LogP contribution in [0.25, 0.3) is 0 Å². The smallest absolute Gasteiger partial charge is 0.193 e. The number of hydrogen-bond acceptors (Lipinski definition) is 4. The summed E-state index contributed by atoms with van der Waals surface area (Å²) < 4.78 is 13.3. The minimum absolute atomic E-state index is 0. The van der Waals surface area contributed by atoms with Crippen molar-refractivity contribution < 1.29 is 9.47 Å². The van der Waals surface area contributed by atoms with Crippen LogP contribution in [-0.4, -0.2) is 67.1 Å². The molecule has 1 atom stereocenters. The van der Waals surface area contributed by atoms with Gasteiger partial charge < -0.3 is 19.7 Å². The van der Waals surface area contributed by atoms with Crippen molar-refractivity contribution in [3.8, 4) is 0 Å². The molecule has 0 saturated carbocycles. The number of guanidine groups is 1. The van der Waals surface area contributed by atoms with Crippen LogP contribution in [0.3, 0.4) is 0 Å². The molecule has 1 aromatic heterocycles. The van der Waals surface area contributed by atoms with E-state index in [4.69, 9.17) is 9.47 Å². The Hall–Kier alpha value is -0.870. The lowest BCUT2D eigenvalue weighted by atomic mass is 10.1. The molecule has 0 radical (unpaired) electrons. The number of aromatic nitrogens is 2. The van der Waals surface area contributed by atoms with Gasteiger partial charge >= 0.3 is 0 Å². The molecule has 1 fully saturated rings. The normalized spacial score (nSPS) is 18.1. The van der Waals surface area contributed by atoms with Crippen LogP contribution in [-0.2, 0) is 16.5 Å². The zero-order valence-electron chi connectivity index (χ0n) is 15.6. The molecule has 8 heteroatoms. The molecule has 2 rings (SSSR count). The number of ether oxygens (including phenoxy) is 2. The lowest BCUT2D eigenvalue weighted by Crippen LogP contribution is -2.48. The molecule has 0 aromatic carbocycles. The van der Waals surface area contributed by atoms with E-state index in [1.165, 1.54) is 6.42 Å². The number of aliphatic imine (C=N–C) groups is 1. The summed E-state index contributed by atoms with van der Waals surface area (Å²) in [5, 5.41) is 7.66. The van der Waals surface area contributed by atoms with Crippen LogP contribution < -0.4 is 5.32 Å². The quantitative estimate of drug-likeness (QED) is 0.276. The minimum Gasteiger partial charge on any atom is -0.381 e. The van der Waals surface area contributed by atoms with Crippen molar-refractivity contribution in [1.82, 2.24) is 20.0 Å². The van der Waals surface area contributed by atoms with Gasteiger partial charge in [-0.25, -0.2) is 0 Å². The molecule has 25 heavy (non-hydrogen) atoms. The molecule has 0 spiro atoms. The van der Waals surface area contributed by atoms with Gasteiger partial charge in [0.05, 0.1) is 19.3 Å². The van der Waals surface area contributed by atoms with Crippen LogP contribution in [0.4, 0.5) is 0 Å². The van der Waals surface area contributed by atoms with E-state index in [9.17, 15) is 0 Å². The highest BCUT2D eigenvalue weighted by Crippen LogP contribution is 2.21. The molecule has 0 amide bonds. The van der Waals surface area contributed by atoms with Crippen molar-refractivity contribution in [2.45, 2.75) is 32.3 Å². The van der Waals surface area contributed by atoms with Crippen molar-refractivity contribution in [2.24, 2.45) is 12.0 Å². The monoisotopic (exact) mass is 465 g/mol. The van der Waals surface area contributed by atoms with Crippen LogP contribution >= 0.6 is 24.0 Å². The Morgan fingerprint density at radius 2 is 2.24 bits per heavy atom. The first-order valence-corrected chi connectivity index (χ1v) is 8.88. The van der Waals surface area contributed by atoms with Crippen LogP contribution in [0.15, 0.2) is 17.4 Å². The van der Waals surface area contributed by atoms with Crippen molar-refractivity contribution in [1.29, 1.82) is 0 Å². The molecule has 1 N–H and O–H groups in total. The molecule has 144 valence electrons. The van der Waals surface area contributed by atoms with Crippen LogP contribution in [0.1, 0.15) is 37.9 Å². The van der Waals surface area contributed by atoms with Crippen molar-refractivity contribution in [2.75, 3.05) is 46.5 Å². The Labute approximate surface area is 168 Å². The summed E-state index contributed by atoms with van der Waals surface area (Å²) in [6, 6.07) is 0. The van der Waals surface area contributed by atoms with E-state index in [2.05, 4.69) is 27.2 Å². The number of nitrogens with zero attached hydrogens (tertiary/aromatic N) is 4. The molecule has 2 heterocycles. The highest BCUT2D eigenvalue weighted by Gasteiger charge is 2.24. The third-order valence-corrected chi connectivity index (χ3v) is 4.07. The van der Waals surface area contributed by atoms with E-state index in [0.717, 1.165) is 57.2 Å². The number of aryl methyl sites for hydroxylation is 1. The number of halogens is 1. The van der Waals surface area contributed by atoms with Crippen molar-refractivity contribution >= 4 is 29.9 Å². The molecular formula is C17H32IN5O2. The molecule has 1 saturated heterocycles. The Kier molecular flexibility index (Phi) is 11.1. The van der Waals surface area contributed by atoms with Gasteiger partial charge in [-0.05, 0) is 12.8 Å². The van der Waals surface area contributed by atoms with Gasteiger partial charge in [0.1, 0.15) is 6.10 Å². The van der Waals surface area contributed by atoms with Crippen molar-refractivity contribution in [3.63, 3.8) is 0 Å². The van der Waals surface area contributed by atoms with Crippen LogP contribution in [0.2, 0.25) is 0 Å². The molecular weight excluding hydrogens is 433 g/mol. The van der Waals surface area contributed by atoms with E-state index >= 15 is 0 Å². The molecule has 0 bridgehead atoms. The minimum atomic E-state index is 0. The van der Waals surface area contributed by atoms with Gasteiger partial charge in [-0.15, -0.1) is 24.0 Å². The fraction of sp³-hybridized carbons (Fsp3) is 0.765. The summed E-state index contributed by atoms with van der Waals surface area (Å²) in [5.41, 5.74) is 1.11. The maximum Gasteiger partial charge on any atom is 0.193 e. The second-order valence-electron chi connectivity index (χ2n) is 6.05. The molecule has 7 nitrogen and oxygen atoms in total. The van der Waals surface area contributed by atoms with Crippen LogP contribution in [0, 0.1) is 0 Å². The Bertz CT molecular complexity index is 509. The topological polar surface area (TPSA) is 63.9 Å². The molecule has 0 aliphatic carbocycles. The zero-order chi connectivity index (χ0) is 17.2. The predicted octanol–water partition coefficient (Wildman–Crippen LogP) is 2.19. The summed E-state index contributed by atoms with van der Waals surface area (Å²) >= 11 is 0. The fourth-order valence-corrected chi connectivity index (χ4v) is 2.70. The summed E-state index contributed by atoms with van der Waals surface area (Å²) in [6.07, 6.45) is 7.23. The SMILES string of the molecule is CCCCOCCCNC(=NC)N1CCOC(c2cnn(C)c2)C1.I. The Morgan fingerprint density at radius 3 is 2.92 bits per heavy atom. The van der Waals surface area contributed by atoms with Gasteiger partial charge in [0.25, 0.3) is 0 Å². The van der Waals surface area contributed by atoms with Gasteiger partial charge in [0.2, 0.25) is 0 Å². The summed E-state index contributed by atoms with van der Waals surface area (Å²) in [4.78, 5) is 6.66. The van der Waals surface area contributed by atoms with Gasteiger partial charge in [-0.1, -0.05) is 13.3 Å². The zero-order valence-corrected chi connectivity index (χ0v) is 17.9. The van der Waals surface area contributed by atoms with E-state index in [1.54, 1.807) is 0 Å². The maximum atomic E-state index is 5.89. The molecule has 1 aliphatic rings. The Balaban J connectivity index is 0.00000312. The second-order valence-corrected chi connectivity index (χ2v) is 6.05. The molecule has 1 aromatic rings. The molecule has 1 unspecified atom stereocenters. The van der Waals surface area contributed by atoms with Gasteiger partial charge in [-0.3, -0.25) is 9.67 Å². The average molecular weight is 465 g/mol. The number of hydrogen-bond donors (Lipinski definition) is 1. The van der Waals surface area contributed by atoms with E-state index in [0.29, 0.717) is 6.61 Å². The van der Waals surface area contributed by atoms with E-state index < -0.39 is 0 Å². The van der Waals surface area contributed by atoms with Crippen LogP contribution in [0.5, 0.6) is 0 Å². The fourth-order valence-electron chi connectivity index (χ4n) is 2.70. The predicted molar refractivity (Wildman–Crippen MR) is 111 cm³/mol. The first kappa shape index (κ1) is 22.2. The van der Waals surface area contributed by atoms with Crippen molar-refractivity contribution in [3.05, 3.63) is 18.0 Å². The lowest BCUT2D eigenvalue weighted by Gasteiger charge is -2.34. The van der Waals surface area contributed by atoms with Gasteiger partial charge in [0.15, 0.2) is 5.96 Å². The molecule has 1 aliphatic heterocycles. The number of nitrogens with one attached hydrogen (secondary N) is 1. The standard InChI is InChI=1S/C17H31N5O2.HI/c1-4-5-9-23-10-6-7-19-17(18-2)22-8-11-24-16(14-22)15-12-20-21(3)13-15;/h12-13,16H,4-11,14H2,1-3H3,(H,18,19);1H. The third kappa shape index (κ3) is 7.49. The lowest BCUT2D eigenvalue weighted by molar-refractivity contribution is -0.00805. The average Bonchev–Trinajstić information content (AvgIpc) is 3.04. The summed E-state index contributed by atoms with van der Waals surface area (Å²) in [7, 11) is 3.75. The highest BCUT2D eigenvalue weighted by atomic mass is 127. The Morgan fingerprint density at radius 1 is 1.44 bits per heavy atom. The number of unbranched alkanes of at least 4 members (excludes halogenated alkanes) is 1. The highest BCUT2D eigenvalue weighted by molar-refractivity contribution is 14.0. The summed E-state index contributed by atoms with van der Waals surface area (Å²) in [6.45, 7) is 7.04. The van der Waals surface area contributed by atoms with Gasteiger partial charge in [-0.2, -0.15) is 5.10 Å². The largest absolute Gasteiger partial charge is 0.381 e. The first-order valence-electron chi connectivity index (χ1n) is 8.88. The first-order chi connectivity index (χ1) is 11.7. The summed E-state index contributed by atoms with van der Waals surface area (Å²) in [5.74, 6) is 0.931. The van der Waals surface area contributed by atoms with E-state index in [1.807, 2.05) is 31.2 Å². The number of morpholine rings is 1. The number of rotatable bonds is 8.